The van der Waals surface area contributed by atoms with Crippen LogP contribution >= 0.6 is 15.9 Å². The average Bonchev–Trinajstić information content (AvgIpc) is 2.43. The molecule has 0 saturated heterocycles. The quantitative estimate of drug-likeness (QED) is 0.784. The normalized spacial score (nSPS) is 25.3. The number of hydrogen-bond acceptors (Lipinski definition) is 3. The monoisotopic (exact) mass is 406 g/mol. The van der Waals surface area contributed by atoms with Crippen LogP contribution in [0.3, 0.4) is 0 Å². The molecule has 1 aromatic rings. The van der Waals surface area contributed by atoms with E-state index in [0.717, 1.165) is 11.8 Å². The van der Waals surface area contributed by atoms with Crippen LogP contribution in [0.15, 0.2) is 22.7 Å². The fraction of sp³-hybridized carbons (Fsp3) is 0.533. The van der Waals surface area contributed by atoms with Gasteiger partial charge in [0.1, 0.15) is 5.82 Å². The molecule has 0 aromatic heterocycles. The first-order valence-corrected chi connectivity index (χ1v) is 10.0. The van der Waals surface area contributed by atoms with Gasteiger partial charge in [-0.05, 0) is 65.7 Å². The standard InChI is InChI=1S/C15H20BrFN2O3S/c1-23(21,22)19-11-4-6-15(7-5-11,14(18)20)9-10-2-3-13(17)12(16)8-10/h2-3,8,11,19H,4-7,9H2,1H3,(H2,18,20). The first kappa shape index (κ1) is 18.4. The molecule has 0 spiro atoms. The molecule has 1 fully saturated rings. The van der Waals surface area contributed by atoms with Gasteiger partial charge in [-0.1, -0.05) is 6.07 Å². The minimum absolute atomic E-state index is 0.169. The Morgan fingerprint density at radius 2 is 2.04 bits per heavy atom. The van der Waals surface area contributed by atoms with Crippen molar-refractivity contribution in [3.05, 3.63) is 34.1 Å². The number of primary amides is 1. The average molecular weight is 407 g/mol. The summed E-state index contributed by atoms with van der Waals surface area (Å²) in [5.41, 5.74) is 5.74. The van der Waals surface area contributed by atoms with E-state index in [9.17, 15) is 17.6 Å². The van der Waals surface area contributed by atoms with Crippen molar-refractivity contribution in [1.29, 1.82) is 0 Å². The van der Waals surface area contributed by atoms with Gasteiger partial charge in [-0.25, -0.2) is 17.5 Å². The lowest BCUT2D eigenvalue weighted by molar-refractivity contribution is -0.129. The molecular formula is C15H20BrFN2O3S. The van der Waals surface area contributed by atoms with Gasteiger partial charge in [-0.3, -0.25) is 4.79 Å². The van der Waals surface area contributed by atoms with Crippen molar-refractivity contribution in [1.82, 2.24) is 4.72 Å². The second-order valence-corrected chi connectivity index (χ2v) is 8.87. The SMILES string of the molecule is CS(=O)(=O)NC1CCC(Cc2ccc(F)c(Br)c2)(C(N)=O)CC1. The first-order chi connectivity index (χ1) is 10.6. The highest BCUT2D eigenvalue weighted by atomic mass is 79.9. The van der Waals surface area contributed by atoms with E-state index in [4.69, 9.17) is 5.73 Å². The van der Waals surface area contributed by atoms with Crippen molar-refractivity contribution in [2.75, 3.05) is 6.26 Å². The van der Waals surface area contributed by atoms with Gasteiger partial charge in [0.2, 0.25) is 15.9 Å². The molecule has 1 saturated carbocycles. The van der Waals surface area contributed by atoms with Gasteiger partial charge in [0.25, 0.3) is 0 Å². The fourth-order valence-corrected chi connectivity index (χ4v) is 4.41. The number of benzene rings is 1. The molecule has 1 amide bonds. The van der Waals surface area contributed by atoms with Gasteiger partial charge < -0.3 is 5.73 Å². The number of nitrogens with two attached hydrogens (primary N) is 1. The van der Waals surface area contributed by atoms with Crippen LogP contribution in [0.4, 0.5) is 4.39 Å². The van der Waals surface area contributed by atoms with Crippen molar-refractivity contribution in [3.8, 4) is 0 Å². The lowest BCUT2D eigenvalue weighted by atomic mass is 9.68. The zero-order chi connectivity index (χ0) is 17.3. The number of amides is 1. The van der Waals surface area contributed by atoms with Gasteiger partial charge in [0, 0.05) is 6.04 Å². The second kappa shape index (κ2) is 6.86. The molecule has 23 heavy (non-hydrogen) atoms. The molecule has 3 N–H and O–H groups in total. The van der Waals surface area contributed by atoms with E-state index in [2.05, 4.69) is 20.7 Å². The highest BCUT2D eigenvalue weighted by molar-refractivity contribution is 9.10. The fourth-order valence-electron chi connectivity index (χ4n) is 3.14. The zero-order valence-electron chi connectivity index (χ0n) is 12.8. The minimum atomic E-state index is -3.26. The third-order valence-electron chi connectivity index (χ3n) is 4.37. The summed E-state index contributed by atoms with van der Waals surface area (Å²) in [6, 6.07) is 4.48. The summed E-state index contributed by atoms with van der Waals surface area (Å²) >= 11 is 3.14. The van der Waals surface area contributed by atoms with Gasteiger partial charge in [0.15, 0.2) is 0 Å². The molecule has 1 aliphatic rings. The molecule has 0 unspecified atom stereocenters. The number of rotatable bonds is 5. The summed E-state index contributed by atoms with van der Waals surface area (Å²) in [7, 11) is -3.26. The van der Waals surface area contributed by atoms with E-state index in [1.807, 2.05) is 0 Å². The number of nitrogens with one attached hydrogen (secondary N) is 1. The van der Waals surface area contributed by atoms with E-state index >= 15 is 0 Å². The third-order valence-corrected chi connectivity index (χ3v) is 5.74. The summed E-state index contributed by atoms with van der Waals surface area (Å²) in [6.45, 7) is 0. The van der Waals surface area contributed by atoms with Crippen molar-refractivity contribution >= 4 is 31.9 Å². The van der Waals surface area contributed by atoms with E-state index in [0.29, 0.717) is 36.6 Å². The molecule has 0 bridgehead atoms. The Labute approximate surface area is 144 Å². The van der Waals surface area contributed by atoms with Crippen LogP contribution in [-0.4, -0.2) is 26.6 Å². The minimum Gasteiger partial charge on any atom is -0.369 e. The molecule has 1 aromatic carbocycles. The summed E-state index contributed by atoms with van der Waals surface area (Å²) in [5.74, 6) is -0.751. The number of carbonyl (C=O) groups is 1. The number of carbonyl (C=O) groups excluding carboxylic acids is 1. The first-order valence-electron chi connectivity index (χ1n) is 7.32. The molecule has 0 heterocycles. The van der Waals surface area contributed by atoms with E-state index in [1.54, 1.807) is 12.1 Å². The number of halogens is 2. The van der Waals surface area contributed by atoms with Gasteiger partial charge >= 0.3 is 0 Å². The Morgan fingerprint density at radius 1 is 1.43 bits per heavy atom. The molecular weight excluding hydrogens is 387 g/mol. The Bertz CT molecular complexity index is 701. The molecule has 8 heteroatoms. The summed E-state index contributed by atoms with van der Waals surface area (Å²) < 4.78 is 38.9. The Kier molecular flexibility index (Phi) is 5.48. The topological polar surface area (TPSA) is 89.3 Å². The largest absolute Gasteiger partial charge is 0.369 e. The summed E-state index contributed by atoms with van der Waals surface area (Å²) in [4.78, 5) is 12.0. The number of hydrogen-bond donors (Lipinski definition) is 2. The van der Waals surface area contributed by atoms with Crippen LogP contribution in [0, 0.1) is 11.2 Å². The third kappa shape index (κ3) is 4.74. The highest BCUT2D eigenvalue weighted by Crippen LogP contribution is 2.39. The molecule has 1 aliphatic carbocycles. The van der Waals surface area contributed by atoms with Crippen LogP contribution in [0.2, 0.25) is 0 Å². The second-order valence-electron chi connectivity index (χ2n) is 6.23. The van der Waals surface area contributed by atoms with Crippen LogP contribution in [0.5, 0.6) is 0 Å². The van der Waals surface area contributed by atoms with Crippen molar-refractivity contribution in [2.45, 2.75) is 38.1 Å². The Balaban J connectivity index is 2.13. The predicted octanol–water partition coefficient (Wildman–Crippen LogP) is 2.09. The van der Waals surface area contributed by atoms with E-state index < -0.39 is 21.3 Å². The molecule has 0 radical (unpaired) electrons. The highest BCUT2D eigenvalue weighted by Gasteiger charge is 2.41. The maximum Gasteiger partial charge on any atom is 0.223 e. The van der Waals surface area contributed by atoms with Crippen molar-refractivity contribution < 1.29 is 17.6 Å². The Hall–Kier alpha value is -0.990. The molecule has 0 atom stereocenters. The molecule has 2 rings (SSSR count). The van der Waals surface area contributed by atoms with Gasteiger partial charge in [-0.2, -0.15) is 0 Å². The molecule has 128 valence electrons. The van der Waals surface area contributed by atoms with Crippen LogP contribution in [0.1, 0.15) is 31.2 Å². The predicted molar refractivity (Wildman–Crippen MR) is 89.7 cm³/mol. The maximum atomic E-state index is 13.3. The zero-order valence-corrected chi connectivity index (χ0v) is 15.2. The summed E-state index contributed by atoms with van der Waals surface area (Å²) in [6.07, 6.45) is 3.66. The van der Waals surface area contributed by atoms with E-state index in [-0.39, 0.29) is 11.9 Å². The molecule has 0 aliphatic heterocycles. The van der Waals surface area contributed by atoms with Gasteiger partial charge in [0.05, 0.1) is 16.1 Å². The van der Waals surface area contributed by atoms with Gasteiger partial charge in [-0.15, -0.1) is 0 Å². The molecule has 5 nitrogen and oxygen atoms in total. The van der Waals surface area contributed by atoms with Crippen molar-refractivity contribution in [2.24, 2.45) is 11.1 Å². The van der Waals surface area contributed by atoms with E-state index in [1.165, 1.54) is 6.07 Å². The van der Waals surface area contributed by atoms with Crippen LogP contribution in [-0.2, 0) is 21.2 Å². The lowest BCUT2D eigenvalue weighted by Crippen LogP contribution is -2.46. The summed E-state index contributed by atoms with van der Waals surface area (Å²) in [5, 5.41) is 0. The smallest absolute Gasteiger partial charge is 0.223 e. The maximum absolute atomic E-state index is 13.3. The Morgan fingerprint density at radius 3 is 2.52 bits per heavy atom. The van der Waals surface area contributed by atoms with Crippen molar-refractivity contribution in [3.63, 3.8) is 0 Å². The number of sulfonamides is 1. The lowest BCUT2D eigenvalue weighted by Gasteiger charge is -2.38. The van der Waals surface area contributed by atoms with Crippen LogP contribution < -0.4 is 10.5 Å². The van der Waals surface area contributed by atoms with Crippen LogP contribution in [0.25, 0.3) is 0 Å².